The SMILES string of the molecule is C[C@H](C(=O)NC1CCCCC1)N(Cc1c(Cl)cccc1Cl)C(=O)COc1ccccc1Cl. The van der Waals surface area contributed by atoms with Crippen LogP contribution in [0.4, 0.5) is 0 Å². The lowest BCUT2D eigenvalue weighted by Crippen LogP contribution is -2.51. The standard InChI is InChI=1S/C24H27Cl3N2O3/c1-16(24(31)28-17-8-3-2-4-9-17)29(14-18-19(25)11-7-12-20(18)26)23(30)15-32-22-13-6-5-10-21(22)27/h5-7,10-13,16-17H,2-4,8-9,14-15H2,1H3,(H,28,31)/t16-/m1/s1. The number of rotatable bonds is 8. The number of benzene rings is 2. The highest BCUT2D eigenvalue weighted by Gasteiger charge is 2.29. The number of nitrogens with one attached hydrogen (secondary N) is 1. The van der Waals surface area contributed by atoms with E-state index in [-0.39, 0.29) is 31.0 Å². The molecule has 1 atom stereocenters. The molecule has 2 aromatic carbocycles. The number of hydrogen-bond acceptors (Lipinski definition) is 3. The molecule has 0 aromatic heterocycles. The largest absolute Gasteiger partial charge is 0.482 e. The Morgan fingerprint density at radius 3 is 2.28 bits per heavy atom. The van der Waals surface area contributed by atoms with E-state index in [1.165, 1.54) is 11.3 Å². The van der Waals surface area contributed by atoms with Gasteiger partial charge in [0.2, 0.25) is 5.91 Å². The van der Waals surface area contributed by atoms with Crippen LogP contribution in [-0.4, -0.2) is 35.4 Å². The van der Waals surface area contributed by atoms with Crippen LogP contribution in [0.5, 0.6) is 5.75 Å². The van der Waals surface area contributed by atoms with Crippen molar-refractivity contribution in [3.63, 3.8) is 0 Å². The Balaban J connectivity index is 1.77. The second-order valence-corrected chi connectivity index (χ2v) is 9.18. The zero-order valence-corrected chi connectivity index (χ0v) is 20.2. The van der Waals surface area contributed by atoms with Crippen LogP contribution in [0.1, 0.15) is 44.6 Å². The summed E-state index contributed by atoms with van der Waals surface area (Å²) in [6.07, 6.45) is 5.30. The molecular weight excluding hydrogens is 471 g/mol. The highest BCUT2D eigenvalue weighted by atomic mass is 35.5. The van der Waals surface area contributed by atoms with Crippen molar-refractivity contribution in [2.24, 2.45) is 0 Å². The molecule has 2 amide bonds. The first-order valence-corrected chi connectivity index (χ1v) is 11.9. The normalized spacial score (nSPS) is 15.1. The Bertz CT molecular complexity index is 928. The van der Waals surface area contributed by atoms with Crippen molar-refractivity contribution in [2.45, 2.75) is 57.7 Å². The van der Waals surface area contributed by atoms with Gasteiger partial charge in [-0.15, -0.1) is 0 Å². The average Bonchev–Trinajstić information content (AvgIpc) is 2.78. The van der Waals surface area contributed by atoms with E-state index in [1.807, 2.05) is 0 Å². The van der Waals surface area contributed by atoms with E-state index in [1.54, 1.807) is 49.4 Å². The first-order valence-electron chi connectivity index (χ1n) is 10.8. The Morgan fingerprint density at radius 1 is 1.00 bits per heavy atom. The lowest BCUT2D eigenvalue weighted by Gasteiger charge is -2.31. The first kappa shape index (κ1) is 24.7. The predicted molar refractivity (Wildman–Crippen MR) is 128 cm³/mol. The summed E-state index contributed by atoms with van der Waals surface area (Å²) >= 11 is 18.8. The minimum absolute atomic E-state index is 0.0858. The van der Waals surface area contributed by atoms with Gasteiger partial charge in [-0.05, 0) is 44.0 Å². The first-order chi connectivity index (χ1) is 15.4. The summed E-state index contributed by atoms with van der Waals surface area (Å²) in [6, 6.07) is 11.5. The molecule has 0 bridgehead atoms. The maximum Gasteiger partial charge on any atom is 0.261 e. The molecule has 5 nitrogen and oxygen atoms in total. The maximum atomic E-state index is 13.2. The molecule has 0 aliphatic heterocycles. The van der Waals surface area contributed by atoms with Gasteiger partial charge < -0.3 is 15.0 Å². The van der Waals surface area contributed by atoms with Gasteiger partial charge in [0.1, 0.15) is 11.8 Å². The second kappa shape index (κ2) is 11.8. The zero-order valence-electron chi connectivity index (χ0n) is 18.0. The van der Waals surface area contributed by atoms with Gasteiger partial charge in [0.15, 0.2) is 6.61 Å². The van der Waals surface area contributed by atoms with Crippen LogP contribution in [0.25, 0.3) is 0 Å². The number of amides is 2. The fourth-order valence-electron chi connectivity index (χ4n) is 3.79. The number of carbonyl (C=O) groups excluding carboxylic acids is 2. The third-order valence-electron chi connectivity index (χ3n) is 5.70. The highest BCUT2D eigenvalue weighted by Crippen LogP contribution is 2.27. The molecular formula is C24H27Cl3N2O3. The second-order valence-electron chi connectivity index (χ2n) is 7.96. The fourth-order valence-corrected chi connectivity index (χ4v) is 4.50. The molecule has 0 radical (unpaired) electrons. The van der Waals surface area contributed by atoms with Crippen molar-refractivity contribution < 1.29 is 14.3 Å². The molecule has 32 heavy (non-hydrogen) atoms. The summed E-state index contributed by atoms with van der Waals surface area (Å²) in [5, 5.41) is 4.36. The molecule has 2 aromatic rings. The van der Waals surface area contributed by atoms with Gasteiger partial charge >= 0.3 is 0 Å². The van der Waals surface area contributed by atoms with Crippen LogP contribution >= 0.6 is 34.8 Å². The maximum absolute atomic E-state index is 13.2. The number of nitrogens with zero attached hydrogens (tertiary/aromatic N) is 1. The van der Waals surface area contributed by atoms with Crippen molar-refractivity contribution in [2.75, 3.05) is 6.61 Å². The van der Waals surface area contributed by atoms with Gasteiger partial charge in [-0.3, -0.25) is 9.59 Å². The molecule has 1 N–H and O–H groups in total. The van der Waals surface area contributed by atoms with Gasteiger partial charge in [-0.1, -0.05) is 72.3 Å². The fraction of sp³-hybridized carbons (Fsp3) is 0.417. The van der Waals surface area contributed by atoms with E-state index < -0.39 is 6.04 Å². The Labute approximate surface area is 204 Å². The summed E-state index contributed by atoms with van der Waals surface area (Å²) in [6.45, 7) is 1.52. The molecule has 0 heterocycles. The minimum atomic E-state index is -0.730. The molecule has 1 saturated carbocycles. The van der Waals surface area contributed by atoms with E-state index in [2.05, 4.69) is 5.32 Å². The minimum Gasteiger partial charge on any atom is -0.482 e. The molecule has 1 aliphatic carbocycles. The molecule has 172 valence electrons. The van der Waals surface area contributed by atoms with Crippen LogP contribution < -0.4 is 10.1 Å². The van der Waals surface area contributed by atoms with Crippen LogP contribution in [0, 0.1) is 0 Å². The van der Waals surface area contributed by atoms with Gasteiger partial charge in [-0.25, -0.2) is 0 Å². The summed E-state index contributed by atoms with van der Waals surface area (Å²) in [5.41, 5.74) is 0.583. The zero-order chi connectivity index (χ0) is 23.1. The van der Waals surface area contributed by atoms with Crippen LogP contribution in [0.15, 0.2) is 42.5 Å². The Kier molecular flexibility index (Phi) is 9.09. The summed E-state index contributed by atoms with van der Waals surface area (Å²) in [5.74, 6) is -0.170. The van der Waals surface area contributed by atoms with E-state index >= 15 is 0 Å². The Hall–Kier alpha value is -1.95. The van der Waals surface area contributed by atoms with Crippen molar-refractivity contribution in [1.82, 2.24) is 10.2 Å². The van der Waals surface area contributed by atoms with Crippen molar-refractivity contribution in [3.8, 4) is 5.75 Å². The summed E-state index contributed by atoms with van der Waals surface area (Å²) < 4.78 is 5.64. The topological polar surface area (TPSA) is 58.6 Å². The van der Waals surface area contributed by atoms with Gasteiger partial charge in [0.25, 0.3) is 5.91 Å². The quantitative estimate of drug-likeness (QED) is 0.494. The Morgan fingerprint density at radius 2 is 1.62 bits per heavy atom. The number of para-hydroxylation sites is 1. The number of carbonyl (C=O) groups is 2. The molecule has 1 aliphatic rings. The summed E-state index contributed by atoms with van der Waals surface area (Å²) in [7, 11) is 0. The molecule has 8 heteroatoms. The van der Waals surface area contributed by atoms with E-state index in [0.29, 0.717) is 26.4 Å². The van der Waals surface area contributed by atoms with E-state index in [9.17, 15) is 9.59 Å². The molecule has 0 unspecified atom stereocenters. The molecule has 0 saturated heterocycles. The number of ether oxygens (including phenoxy) is 1. The lowest BCUT2D eigenvalue weighted by molar-refractivity contribution is -0.142. The third-order valence-corrected chi connectivity index (χ3v) is 6.72. The van der Waals surface area contributed by atoms with Crippen LogP contribution in [0.3, 0.4) is 0 Å². The lowest BCUT2D eigenvalue weighted by atomic mass is 9.95. The van der Waals surface area contributed by atoms with Crippen molar-refractivity contribution in [1.29, 1.82) is 0 Å². The molecule has 0 spiro atoms. The van der Waals surface area contributed by atoms with E-state index in [4.69, 9.17) is 39.5 Å². The van der Waals surface area contributed by atoms with E-state index in [0.717, 1.165) is 25.7 Å². The average molecular weight is 498 g/mol. The van der Waals surface area contributed by atoms with Crippen LogP contribution in [-0.2, 0) is 16.1 Å². The smallest absolute Gasteiger partial charge is 0.261 e. The van der Waals surface area contributed by atoms with Crippen molar-refractivity contribution >= 4 is 46.6 Å². The van der Waals surface area contributed by atoms with Crippen molar-refractivity contribution in [3.05, 3.63) is 63.1 Å². The molecule has 1 fully saturated rings. The third kappa shape index (κ3) is 6.53. The van der Waals surface area contributed by atoms with Gasteiger partial charge in [-0.2, -0.15) is 0 Å². The van der Waals surface area contributed by atoms with Gasteiger partial charge in [0.05, 0.1) is 5.02 Å². The predicted octanol–water partition coefficient (Wildman–Crippen LogP) is 5.89. The highest BCUT2D eigenvalue weighted by molar-refractivity contribution is 6.36. The number of halogens is 3. The number of hydrogen-bond donors (Lipinski definition) is 1. The summed E-state index contributed by atoms with van der Waals surface area (Å²) in [4.78, 5) is 27.6. The van der Waals surface area contributed by atoms with Gasteiger partial charge in [0, 0.05) is 28.2 Å². The van der Waals surface area contributed by atoms with Crippen LogP contribution in [0.2, 0.25) is 15.1 Å². The molecule has 3 rings (SSSR count). The monoisotopic (exact) mass is 496 g/mol.